The number of amides is 1. The molecule has 0 unspecified atom stereocenters. The molecule has 0 aliphatic rings. The highest BCUT2D eigenvalue weighted by Gasteiger charge is 2.13. The molecule has 0 aliphatic carbocycles. The summed E-state index contributed by atoms with van der Waals surface area (Å²) in [5, 5.41) is 24.1. The number of nitro groups is 1. The van der Waals surface area contributed by atoms with E-state index in [1.54, 1.807) is 24.3 Å². The lowest BCUT2D eigenvalue weighted by Gasteiger charge is -2.07. The maximum atomic E-state index is 12.3. The normalized spacial score (nSPS) is 10.6. The molecule has 3 aromatic rings. The van der Waals surface area contributed by atoms with Crippen LogP contribution in [0.3, 0.4) is 0 Å². The molecule has 156 valence electrons. The number of nitrogens with one attached hydrogen (secondary N) is 1. The number of nitrogens with zero attached hydrogens (tertiary/aromatic N) is 2. The van der Waals surface area contributed by atoms with Gasteiger partial charge in [0.25, 0.3) is 11.6 Å². The number of rotatable bonds is 6. The molecule has 0 heterocycles. The summed E-state index contributed by atoms with van der Waals surface area (Å²) in [6, 6.07) is 15.8. The predicted molar refractivity (Wildman–Crippen MR) is 115 cm³/mol. The largest absolute Gasteiger partial charge is 0.507 e. The summed E-state index contributed by atoms with van der Waals surface area (Å²) in [6.45, 7) is 0. The Balaban J connectivity index is 1.69. The molecule has 0 saturated heterocycles. The highest BCUT2D eigenvalue weighted by molar-refractivity contribution is 9.10. The van der Waals surface area contributed by atoms with Gasteiger partial charge in [0.2, 0.25) is 0 Å². The number of hydrogen-bond donors (Lipinski definition) is 2. The molecule has 9 nitrogen and oxygen atoms in total. The highest BCUT2D eigenvalue weighted by atomic mass is 79.9. The molecule has 1 amide bonds. The van der Waals surface area contributed by atoms with E-state index < -0.39 is 16.8 Å². The van der Waals surface area contributed by atoms with E-state index in [0.717, 1.165) is 0 Å². The van der Waals surface area contributed by atoms with Crippen molar-refractivity contribution < 1.29 is 24.4 Å². The van der Waals surface area contributed by atoms with Gasteiger partial charge in [-0.05, 0) is 58.4 Å². The number of benzene rings is 3. The molecule has 0 fully saturated rings. The summed E-state index contributed by atoms with van der Waals surface area (Å²) in [5.41, 5.74) is 3.05. The number of nitro benzene ring substituents is 1. The third-order valence-corrected chi connectivity index (χ3v) is 4.65. The molecular formula is C21H14BrN3O6. The zero-order chi connectivity index (χ0) is 22.4. The number of hydrazone groups is 1. The number of carbonyl (C=O) groups excluding carboxylic acids is 2. The van der Waals surface area contributed by atoms with Crippen LogP contribution in [0.4, 0.5) is 5.69 Å². The van der Waals surface area contributed by atoms with Crippen LogP contribution in [0.25, 0.3) is 0 Å². The average Bonchev–Trinajstić information content (AvgIpc) is 2.76. The Morgan fingerprint density at radius 1 is 1.06 bits per heavy atom. The fourth-order valence-corrected chi connectivity index (χ4v) is 2.81. The van der Waals surface area contributed by atoms with Gasteiger partial charge in [-0.15, -0.1) is 0 Å². The van der Waals surface area contributed by atoms with Gasteiger partial charge in [0.1, 0.15) is 11.5 Å². The first-order valence-corrected chi connectivity index (χ1v) is 9.52. The number of para-hydroxylation sites is 1. The van der Waals surface area contributed by atoms with Crippen LogP contribution < -0.4 is 10.2 Å². The van der Waals surface area contributed by atoms with Gasteiger partial charge < -0.3 is 9.84 Å². The van der Waals surface area contributed by atoms with Crippen LogP contribution in [-0.4, -0.2) is 28.1 Å². The maximum absolute atomic E-state index is 12.3. The zero-order valence-corrected chi connectivity index (χ0v) is 17.3. The maximum Gasteiger partial charge on any atom is 0.343 e. The summed E-state index contributed by atoms with van der Waals surface area (Å²) in [7, 11) is 0. The van der Waals surface area contributed by atoms with Crippen LogP contribution in [0.15, 0.2) is 76.3 Å². The zero-order valence-electron chi connectivity index (χ0n) is 15.7. The van der Waals surface area contributed by atoms with E-state index in [4.69, 9.17) is 4.74 Å². The van der Waals surface area contributed by atoms with Crippen molar-refractivity contribution in [2.24, 2.45) is 5.10 Å². The van der Waals surface area contributed by atoms with E-state index in [9.17, 15) is 24.8 Å². The third-order valence-electron chi connectivity index (χ3n) is 4.02. The third kappa shape index (κ3) is 5.52. The minimum atomic E-state index is -0.700. The number of hydrogen-bond acceptors (Lipinski definition) is 7. The van der Waals surface area contributed by atoms with Crippen molar-refractivity contribution >= 4 is 39.7 Å². The molecule has 0 spiro atoms. The minimum absolute atomic E-state index is 0.00353. The van der Waals surface area contributed by atoms with Crippen molar-refractivity contribution in [3.8, 4) is 11.5 Å². The first-order valence-electron chi connectivity index (χ1n) is 8.73. The summed E-state index contributed by atoms with van der Waals surface area (Å²) < 4.78 is 5.72. The fraction of sp³-hybridized carbons (Fsp3) is 0. The summed E-state index contributed by atoms with van der Waals surface area (Å²) in [4.78, 5) is 34.7. The lowest BCUT2D eigenvalue weighted by molar-refractivity contribution is -0.384. The van der Waals surface area contributed by atoms with Crippen LogP contribution >= 0.6 is 15.9 Å². The summed E-state index contributed by atoms with van der Waals surface area (Å²) >= 11 is 3.13. The molecular weight excluding hydrogens is 470 g/mol. The van der Waals surface area contributed by atoms with Gasteiger partial charge in [-0.3, -0.25) is 14.9 Å². The van der Waals surface area contributed by atoms with Crippen molar-refractivity contribution in [3.05, 3.63) is 98.0 Å². The molecule has 3 aromatic carbocycles. The van der Waals surface area contributed by atoms with E-state index in [1.807, 2.05) is 0 Å². The van der Waals surface area contributed by atoms with Crippen molar-refractivity contribution in [1.29, 1.82) is 0 Å². The molecule has 10 heteroatoms. The first kappa shape index (κ1) is 21.7. The van der Waals surface area contributed by atoms with Crippen molar-refractivity contribution in [2.45, 2.75) is 0 Å². The molecule has 0 bridgehead atoms. The number of ether oxygens (including phenoxy) is 1. The SMILES string of the molecule is O=C(N/N=C/c1ccccc1OC(=O)c1ccc([N+](=O)[O-])cc1)c1ccc(O)c(Br)c1. The van der Waals surface area contributed by atoms with Crippen LogP contribution in [0.5, 0.6) is 11.5 Å². The Labute approximate surface area is 184 Å². The fourth-order valence-electron chi connectivity index (χ4n) is 2.43. The molecule has 0 radical (unpaired) electrons. The highest BCUT2D eigenvalue weighted by Crippen LogP contribution is 2.24. The van der Waals surface area contributed by atoms with Gasteiger partial charge >= 0.3 is 5.97 Å². The number of carbonyl (C=O) groups is 2. The lowest BCUT2D eigenvalue weighted by Crippen LogP contribution is -2.17. The van der Waals surface area contributed by atoms with Gasteiger partial charge in [0.05, 0.1) is 21.2 Å². The van der Waals surface area contributed by atoms with Gasteiger partial charge in [-0.2, -0.15) is 5.10 Å². The van der Waals surface area contributed by atoms with Crippen LogP contribution in [0.1, 0.15) is 26.3 Å². The smallest absolute Gasteiger partial charge is 0.343 e. The number of phenols is 1. The predicted octanol–water partition coefficient (Wildman–Crippen LogP) is 4.05. The Morgan fingerprint density at radius 3 is 2.42 bits per heavy atom. The van der Waals surface area contributed by atoms with E-state index in [1.165, 1.54) is 48.7 Å². The Hall–Kier alpha value is -4.05. The average molecular weight is 484 g/mol. The van der Waals surface area contributed by atoms with Crippen molar-refractivity contribution in [1.82, 2.24) is 5.43 Å². The Kier molecular flexibility index (Phi) is 6.73. The molecule has 2 N–H and O–H groups in total. The van der Waals surface area contributed by atoms with Crippen molar-refractivity contribution in [3.63, 3.8) is 0 Å². The first-order chi connectivity index (χ1) is 14.8. The molecule has 31 heavy (non-hydrogen) atoms. The molecule has 0 aliphatic heterocycles. The topological polar surface area (TPSA) is 131 Å². The van der Waals surface area contributed by atoms with E-state index in [0.29, 0.717) is 10.0 Å². The van der Waals surface area contributed by atoms with Crippen LogP contribution in [0, 0.1) is 10.1 Å². The van der Waals surface area contributed by atoms with Crippen LogP contribution in [-0.2, 0) is 0 Å². The number of esters is 1. The number of phenolic OH excluding ortho intramolecular Hbond substituents is 1. The summed E-state index contributed by atoms with van der Waals surface area (Å²) in [6.07, 6.45) is 1.31. The monoisotopic (exact) mass is 483 g/mol. The second kappa shape index (κ2) is 9.63. The van der Waals surface area contributed by atoms with Gasteiger partial charge in [-0.1, -0.05) is 12.1 Å². The Bertz CT molecular complexity index is 1180. The van der Waals surface area contributed by atoms with E-state index in [-0.39, 0.29) is 28.3 Å². The quantitative estimate of drug-likeness (QED) is 0.179. The van der Waals surface area contributed by atoms with Gasteiger partial charge in [0, 0.05) is 23.3 Å². The van der Waals surface area contributed by atoms with Crippen LogP contribution in [0.2, 0.25) is 0 Å². The lowest BCUT2D eigenvalue weighted by atomic mass is 10.2. The molecule has 0 saturated carbocycles. The summed E-state index contributed by atoms with van der Waals surface area (Å²) in [5.74, 6) is -1.01. The van der Waals surface area contributed by atoms with Gasteiger partial charge in [0.15, 0.2) is 0 Å². The second-order valence-corrected chi connectivity index (χ2v) is 6.95. The number of non-ortho nitro benzene ring substituents is 1. The molecule has 0 aromatic heterocycles. The van der Waals surface area contributed by atoms with Crippen molar-refractivity contribution in [2.75, 3.05) is 0 Å². The molecule has 3 rings (SSSR count). The Morgan fingerprint density at radius 2 is 1.74 bits per heavy atom. The van der Waals surface area contributed by atoms with Gasteiger partial charge in [-0.25, -0.2) is 10.2 Å². The standard InChI is InChI=1S/C21H14BrN3O6/c22-17-11-14(7-10-18(17)26)20(27)24-23-12-15-3-1-2-4-19(15)31-21(28)13-5-8-16(9-6-13)25(29)30/h1-12,26H,(H,24,27)/b23-12+. The van der Waals surface area contributed by atoms with E-state index >= 15 is 0 Å². The molecule has 0 atom stereocenters. The van der Waals surface area contributed by atoms with E-state index in [2.05, 4.69) is 26.5 Å². The minimum Gasteiger partial charge on any atom is -0.507 e. The number of aromatic hydroxyl groups is 1. The second-order valence-electron chi connectivity index (χ2n) is 6.10. The number of halogens is 1.